The van der Waals surface area contributed by atoms with Gasteiger partial charge in [0.15, 0.2) is 11.6 Å². The average Bonchev–Trinajstić information content (AvgIpc) is 3.16. The SMILES string of the molecule is CNCC1(CNC(=O)c2ccc(OC)c(F)c2)CC1. The van der Waals surface area contributed by atoms with Gasteiger partial charge in [0, 0.05) is 24.1 Å². The summed E-state index contributed by atoms with van der Waals surface area (Å²) in [5, 5.41) is 6.00. The van der Waals surface area contributed by atoms with Gasteiger partial charge in [-0.15, -0.1) is 0 Å². The predicted octanol–water partition coefficient (Wildman–Crippen LogP) is 1.56. The third-order valence-corrected chi connectivity index (χ3v) is 3.55. The molecule has 1 amide bonds. The van der Waals surface area contributed by atoms with E-state index in [1.165, 1.54) is 19.2 Å². The lowest BCUT2D eigenvalue weighted by Gasteiger charge is -2.15. The number of methoxy groups -OCH3 is 1. The number of benzene rings is 1. The van der Waals surface area contributed by atoms with Crippen LogP contribution in [0.5, 0.6) is 5.75 Å². The molecule has 0 spiro atoms. The highest BCUT2D eigenvalue weighted by Gasteiger charge is 2.41. The van der Waals surface area contributed by atoms with E-state index >= 15 is 0 Å². The summed E-state index contributed by atoms with van der Waals surface area (Å²) < 4.78 is 18.3. The minimum absolute atomic E-state index is 0.144. The van der Waals surface area contributed by atoms with E-state index in [2.05, 4.69) is 10.6 Å². The van der Waals surface area contributed by atoms with Gasteiger partial charge >= 0.3 is 0 Å². The third kappa shape index (κ3) is 3.23. The van der Waals surface area contributed by atoms with E-state index in [4.69, 9.17) is 4.74 Å². The topological polar surface area (TPSA) is 50.4 Å². The number of nitrogens with one attached hydrogen (secondary N) is 2. The van der Waals surface area contributed by atoms with Gasteiger partial charge in [0.05, 0.1) is 7.11 Å². The standard InChI is InChI=1S/C14H19FN2O2/c1-16-8-14(5-6-14)9-17-13(18)10-3-4-12(19-2)11(15)7-10/h3-4,7,16H,5-6,8-9H2,1-2H3,(H,17,18). The molecule has 1 aliphatic rings. The number of carbonyl (C=O) groups is 1. The monoisotopic (exact) mass is 266 g/mol. The Balaban J connectivity index is 1.95. The first-order valence-corrected chi connectivity index (χ1v) is 6.36. The molecule has 0 atom stereocenters. The van der Waals surface area contributed by atoms with Crippen molar-refractivity contribution in [2.45, 2.75) is 12.8 Å². The summed E-state index contributed by atoms with van der Waals surface area (Å²) in [6.45, 7) is 1.52. The minimum Gasteiger partial charge on any atom is -0.494 e. The van der Waals surface area contributed by atoms with Crippen molar-refractivity contribution in [3.63, 3.8) is 0 Å². The maximum Gasteiger partial charge on any atom is 0.251 e. The van der Waals surface area contributed by atoms with Crippen molar-refractivity contribution in [2.24, 2.45) is 5.41 Å². The number of amides is 1. The normalized spacial score (nSPS) is 15.9. The van der Waals surface area contributed by atoms with E-state index in [-0.39, 0.29) is 17.1 Å². The summed E-state index contributed by atoms with van der Waals surface area (Å²) in [4.78, 5) is 11.9. The van der Waals surface area contributed by atoms with Crippen LogP contribution in [-0.4, -0.2) is 33.2 Å². The van der Waals surface area contributed by atoms with Crippen molar-refractivity contribution in [1.29, 1.82) is 0 Å². The van der Waals surface area contributed by atoms with Crippen LogP contribution in [0.2, 0.25) is 0 Å². The molecular weight excluding hydrogens is 247 g/mol. The lowest BCUT2D eigenvalue weighted by Crippen LogP contribution is -2.34. The lowest BCUT2D eigenvalue weighted by molar-refractivity contribution is 0.0944. The van der Waals surface area contributed by atoms with E-state index in [9.17, 15) is 9.18 Å². The van der Waals surface area contributed by atoms with Crippen molar-refractivity contribution in [3.8, 4) is 5.75 Å². The maximum atomic E-state index is 13.5. The van der Waals surface area contributed by atoms with Crippen LogP contribution in [0.4, 0.5) is 4.39 Å². The molecule has 4 nitrogen and oxygen atoms in total. The first-order chi connectivity index (χ1) is 9.10. The van der Waals surface area contributed by atoms with Crippen LogP contribution in [-0.2, 0) is 0 Å². The van der Waals surface area contributed by atoms with Gasteiger partial charge < -0.3 is 15.4 Å². The molecule has 2 N–H and O–H groups in total. The molecule has 1 saturated carbocycles. The Morgan fingerprint density at radius 1 is 1.42 bits per heavy atom. The van der Waals surface area contributed by atoms with Gasteiger partial charge in [0.2, 0.25) is 0 Å². The predicted molar refractivity (Wildman–Crippen MR) is 70.9 cm³/mol. The van der Waals surface area contributed by atoms with E-state index in [1.54, 1.807) is 6.07 Å². The Bertz CT molecular complexity index is 473. The second kappa shape index (κ2) is 5.57. The number of ether oxygens (including phenoxy) is 1. The molecule has 0 aliphatic heterocycles. The molecular formula is C14H19FN2O2. The molecule has 0 unspecified atom stereocenters. The Morgan fingerprint density at radius 2 is 2.16 bits per heavy atom. The largest absolute Gasteiger partial charge is 0.494 e. The van der Waals surface area contributed by atoms with Crippen LogP contribution >= 0.6 is 0 Å². The van der Waals surface area contributed by atoms with Gasteiger partial charge in [0.1, 0.15) is 0 Å². The van der Waals surface area contributed by atoms with Crippen molar-refractivity contribution in [2.75, 3.05) is 27.2 Å². The first kappa shape index (κ1) is 13.8. The van der Waals surface area contributed by atoms with Gasteiger partial charge in [0.25, 0.3) is 5.91 Å². The van der Waals surface area contributed by atoms with E-state index < -0.39 is 5.82 Å². The molecule has 1 aromatic rings. The molecule has 1 fully saturated rings. The fraction of sp³-hybridized carbons (Fsp3) is 0.500. The molecule has 2 rings (SSSR count). The molecule has 1 aliphatic carbocycles. The van der Waals surface area contributed by atoms with Crippen LogP contribution in [0.1, 0.15) is 23.2 Å². The molecule has 0 heterocycles. The Labute approximate surface area is 112 Å². The summed E-state index contributed by atoms with van der Waals surface area (Å²) in [6.07, 6.45) is 2.23. The second-order valence-electron chi connectivity index (χ2n) is 5.06. The molecule has 0 saturated heterocycles. The lowest BCUT2D eigenvalue weighted by atomic mass is 10.1. The zero-order valence-corrected chi connectivity index (χ0v) is 11.3. The number of hydrogen-bond acceptors (Lipinski definition) is 3. The van der Waals surface area contributed by atoms with E-state index in [0.29, 0.717) is 12.1 Å². The third-order valence-electron chi connectivity index (χ3n) is 3.55. The number of carbonyl (C=O) groups excluding carboxylic acids is 1. The van der Waals surface area contributed by atoms with Crippen LogP contribution in [0, 0.1) is 11.2 Å². The number of rotatable bonds is 6. The zero-order chi connectivity index (χ0) is 13.9. The molecule has 104 valence electrons. The van der Waals surface area contributed by atoms with Gasteiger partial charge in [-0.1, -0.05) is 0 Å². The summed E-state index contributed by atoms with van der Waals surface area (Å²) in [5.41, 5.74) is 0.508. The summed E-state index contributed by atoms with van der Waals surface area (Å²) in [7, 11) is 3.30. The van der Waals surface area contributed by atoms with Gasteiger partial charge in [-0.2, -0.15) is 0 Å². The highest BCUT2D eigenvalue weighted by atomic mass is 19.1. The molecule has 5 heteroatoms. The molecule has 1 aromatic carbocycles. The Hall–Kier alpha value is -1.62. The quantitative estimate of drug-likeness (QED) is 0.821. The van der Waals surface area contributed by atoms with Gasteiger partial charge in [-0.05, 0) is 38.1 Å². The highest BCUT2D eigenvalue weighted by molar-refractivity contribution is 5.94. The molecule has 0 bridgehead atoms. The minimum atomic E-state index is -0.522. The smallest absolute Gasteiger partial charge is 0.251 e. The average molecular weight is 266 g/mol. The summed E-state index contributed by atoms with van der Waals surface area (Å²) in [6, 6.07) is 4.23. The zero-order valence-electron chi connectivity index (χ0n) is 11.3. The van der Waals surface area contributed by atoms with Crippen LogP contribution in [0.25, 0.3) is 0 Å². The van der Waals surface area contributed by atoms with Crippen LogP contribution in [0.3, 0.4) is 0 Å². The number of halogens is 1. The van der Waals surface area contributed by atoms with Crippen molar-refractivity contribution in [3.05, 3.63) is 29.6 Å². The van der Waals surface area contributed by atoms with Crippen molar-refractivity contribution in [1.82, 2.24) is 10.6 Å². The second-order valence-corrected chi connectivity index (χ2v) is 5.06. The van der Waals surface area contributed by atoms with Crippen molar-refractivity contribution >= 4 is 5.91 Å². The molecule has 0 aromatic heterocycles. The highest BCUT2D eigenvalue weighted by Crippen LogP contribution is 2.44. The first-order valence-electron chi connectivity index (χ1n) is 6.36. The van der Waals surface area contributed by atoms with Crippen LogP contribution < -0.4 is 15.4 Å². The Morgan fingerprint density at radius 3 is 2.68 bits per heavy atom. The molecule has 19 heavy (non-hydrogen) atoms. The molecule has 0 radical (unpaired) electrons. The van der Waals surface area contributed by atoms with Gasteiger partial charge in [-0.3, -0.25) is 4.79 Å². The summed E-state index contributed by atoms with van der Waals surface area (Å²) >= 11 is 0. The van der Waals surface area contributed by atoms with Gasteiger partial charge in [-0.25, -0.2) is 4.39 Å². The van der Waals surface area contributed by atoms with E-state index in [1.807, 2.05) is 7.05 Å². The fourth-order valence-electron chi connectivity index (χ4n) is 2.15. The van der Waals surface area contributed by atoms with E-state index in [0.717, 1.165) is 19.4 Å². The van der Waals surface area contributed by atoms with Crippen LogP contribution in [0.15, 0.2) is 18.2 Å². The van der Waals surface area contributed by atoms with Crippen molar-refractivity contribution < 1.29 is 13.9 Å². The summed E-state index contributed by atoms with van der Waals surface area (Å²) in [5.74, 6) is -0.624. The maximum absolute atomic E-state index is 13.5. The Kier molecular flexibility index (Phi) is 4.04. The fourth-order valence-corrected chi connectivity index (χ4v) is 2.15. The number of hydrogen-bond donors (Lipinski definition) is 2.